The predicted octanol–water partition coefficient (Wildman–Crippen LogP) is 4.54. The maximum absolute atomic E-state index is 13.4. The highest BCUT2D eigenvalue weighted by molar-refractivity contribution is 5.54. The first-order chi connectivity index (χ1) is 11.3. The van der Waals surface area contributed by atoms with Crippen molar-refractivity contribution in [1.82, 2.24) is 9.78 Å². The van der Waals surface area contributed by atoms with Crippen LogP contribution in [0, 0.1) is 11.3 Å². The lowest BCUT2D eigenvalue weighted by atomic mass is 9.94. The molecule has 0 bridgehead atoms. The van der Waals surface area contributed by atoms with E-state index in [2.05, 4.69) is 24.3 Å². The average molecular weight is 334 g/mol. The van der Waals surface area contributed by atoms with E-state index in [-0.39, 0.29) is 17.8 Å². The van der Waals surface area contributed by atoms with E-state index in [0.29, 0.717) is 5.92 Å². The van der Waals surface area contributed by atoms with Crippen LogP contribution in [0.15, 0.2) is 30.5 Å². The van der Waals surface area contributed by atoms with Crippen LogP contribution in [0.3, 0.4) is 0 Å². The van der Waals surface area contributed by atoms with Gasteiger partial charge in [0.05, 0.1) is 12.2 Å². The van der Waals surface area contributed by atoms with Crippen LogP contribution in [-0.4, -0.2) is 16.0 Å². The van der Waals surface area contributed by atoms with E-state index >= 15 is 0 Å². The first kappa shape index (κ1) is 16.4. The highest BCUT2D eigenvalue weighted by Gasteiger charge is 2.46. The van der Waals surface area contributed by atoms with Crippen molar-refractivity contribution in [2.45, 2.75) is 44.4 Å². The summed E-state index contributed by atoms with van der Waals surface area (Å²) in [7, 11) is 0. The minimum Gasteiger partial charge on any atom is -0.362 e. The van der Waals surface area contributed by atoms with Gasteiger partial charge < -0.3 is 5.32 Å². The number of anilines is 1. The Hall–Kier alpha value is -2.49. The van der Waals surface area contributed by atoms with E-state index in [9.17, 15) is 13.2 Å². The summed E-state index contributed by atoms with van der Waals surface area (Å²) in [5.74, 6) is 0.483. The molecule has 0 unspecified atom stereocenters. The fourth-order valence-electron chi connectivity index (χ4n) is 2.98. The van der Waals surface area contributed by atoms with Crippen LogP contribution in [0.2, 0.25) is 0 Å². The topological polar surface area (TPSA) is 53.6 Å². The second-order valence-corrected chi connectivity index (χ2v) is 6.27. The van der Waals surface area contributed by atoms with Crippen molar-refractivity contribution >= 4 is 5.82 Å². The van der Waals surface area contributed by atoms with Crippen LogP contribution in [0.25, 0.3) is 0 Å². The summed E-state index contributed by atoms with van der Waals surface area (Å²) >= 11 is 0. The Morgan fingerprint density at radius 3 is 2.50 bits per heavy atom. The number of aromatic nitrogens is 2. The number of nitriles is 1. The summed E-state index contributed by atoms with van der Waals surface area (Å²) in [4.78, 5) is 0. The Labute approximate surface area is 137 Å². The average Bonchev–Trinajstić information content (AvgIpc) is 2.96. The lowest BCUT2D eigenvalue weighted by Gasteiger charge is -2.33. The first-order valence-corrected chi connectivity index (χ1v) is 7.72. The van der Waals surface area contributed by atoms with E-state index < -0.39 is 18.3 Å². The first-order valence-electron chi connectivity index (χ1n) is 7.72. The Morgan fingerprint density at radius 1 is 1.29 bits per heavy atom. The molecule has 0 spiro atoms. The Kier molecular flexibility index (Phi) is 3.99. The molecule has 2 heterocycles. The summed E-state index contributed by atoms with van der Waals surface area (Å²) in [6, 6.07) is 7.18. The minimum absolute atomic E-state index is 0.118. The molecule has 1 aromatic carbocycles. The fraction of sp³-hybridized carbons (Fsp3) is 0.412. The van der Waals surface area contributed by atoms with Gasteiger partial charge in [0, 0.05) is 6.42 Å². The molecule has 4 nitrogen and oxygen atoms in total. The molecule has 0 amide bonds. The zero-order valence-electron chi connectivity index (χ0n) is 13.3. The van der Waals surface area contributed by atoms with E-state index in [0.717, 1.165) is 15.8 Å². The quantitative estimate of drug-likeness (QED) is 0.877. The van der Waals surface area contributed by atoms with Crippen molar-refractivity contribution in [2.75, 3.05) is 5.32 Å². The normalized spacial score (nSPS) is 20.4. The standard InChI is InChI=1S/C17H17F3N4/c1-10(2)11-3-5-12(6-4-11)14-7-15(17(18,19)20)24-16(23-14)13(8-21)9-22-24/h3-6,9-10,14-15,23H,7H2,1-2H3/t14-,15-/m1/s1. The molecule has 2 atom stereocenters. The number of nitrogens with zero attached hydrogens (tertiary/aromatic N) is 3. The highest BCUT2D eigenvalue weighted by atomic mass is 19.4. The third kappa shape index (κ3) is 2.84. The molecule has 0 saturated heterocycles. The largest absolute Gasteiger partial charge is 0.410 e. The van der Waals surface area contributed by atoms with Crippen molar-refractivity contribution in [1.29, 1.82) is 5.26 Å². The van der Waals surface area contributed by atoms with Crippen LogP contribution in [0.5, 0.6) is 0 Å². The Balaban J connectivity index is 1.98. The fourth-order valence-corrected chi connectivity index (χ4v) is 2.98. The molecule has 0 saturated carbocycles. The van der Waals surface area contributed by atoms with Gasteiger partial charge in [-0.05, 0) is 17.0 Å². The number of halogens is 3. The van der Waals surface area contributed by atoms with Gasteiger partial charge in [-0.15, -0.1) is 0 Å². The van der Waals surface area contributed by atoms with Crippen molar-refractivity contribution in [3.8, 4) is 6.07 Å². The molecule has 0 fully saturated rings. The number of rotatable bonds is 2. The monoisotopic (exact) mass is 334 g/mol. The summed E-state index contributed by atoms with van der Waals surface area (Å²) in [5, 5.41) is 15.9. The summed E-state index contributed by atoms with van der Waals surface area (Å²) < 4.78 is 41.1. The third-order valence-electron chi connectivity index (χ3n) is 4.36. The molecule has 1 aliphatic rings. The van der Waals surface area contributed by atoms with Crippen LogP contribution < -0.4 is 5.32 Å². The van der Waals surface area contributed by atoms with Crippen molar-refractivity contribution in [3.63, 3.8) is 0 Å². The second kappa shape index (κ2) is 5.86. The van der Waals surface area contributed by atoms with Gasteiger partial charge in [0.1, 0.15) is 17.5 Å². The van der Waals surface area contributed by atoms with Crippen molar-refractivity contribution < 1.29 is 13.2 Å². The van der Waals surface area contributed by atoms with Crippen LogP contribution in [-0.2, 0) is 0 Å². The maximum Gasteiger partial charge on any atom is 0.410 e. The van der Waals surface area contributed by atoms with E-state index in [1.807, 2.05) is 30.3 Å². The maximum atomic E-state index is 13.4. The number of hydrogen-bond acceptors (Lipinski definition) is 3. The number of hydrogen-bond donors (Lipinski definition) is 1. The van der Waals surface area contributed by atoms with Gasteiger partial charge in [0.25, 0.3) is 0 Å². The van der Waals surface area contributed by atoms with Gasteiger partial charge in [0.15, 0.2) is 6.04 Å². The van der Waals surface area contributed by atoms with E-state index in [4.69, 9.17) is 5.26 Å². The van der Waals surface area contributed by atoms with Crippen LogP contribution in [0.1, 0.15) is 55.0 Å². The molecule has 126 valence electrons. The van der Waals surface area contributed by atoms with Gasteiger partial charge in [-0.25, -0.2) is 4.68 Å². The van der Waals surface area contributed by atoms with Gasteiger partial charge >= 0.3 is 6.18 Å². The van der Waals surface area contributed by atoms with Crippen LogP contribution >= 0.6 is 0 Å². The van der Waals surface area contributed by atoms with Gasteiger partial charge in [-0.2, -0.15) is 23.5 Å². The SMILES string of the molecule is CC(C)c1ccc([C@H]2C[C@H](C(F)(F)F)n3ncc(C#N)c3N2)cc1. The smallest absolute Gasteiger partial charge is 0.362 e. The van der Waals surface area contributed by atoms with Crippen molar-refractivity contribution in [2.24, 2.45) is 0 Å². The Bertz CT molecular complexity index is 769. The molecule has 24 heavy (non-hydrogen) atoms. The molecule has 1 N–H and O–H groups in total. The molecule has 1 aromatic heterocycles. The van der Waals surface area contributed by atoms with Crippen molar-refractivity contribution in [3.05, 3.63) is 47.2 Å². The van der Waals surface area contributed by atoms with Gasteiger partial charge in [-0.1, -0.05) is 38.1 Å². The zero-order chi connectivity index (χ0) is 17.5. The molecule has 3 rings (SSSR count). The number of nitrogens with one attached hydrogen (secondary N) is 1. The summed E-state index contributed by atoms with van der Waals surface area (Å²) in [6.07, 6.45) is -3.42. The summed E-state index contributed by atoms with van der Waals surface area (Å²) in [5.41, 5.74) is 2.02. The number of fused-ring (bicyclic) bond motifs is 1. The zero-order valence-corrected chi connectivity index (χ0v) is 13.3. The van der Waals surface area contributed by atoms with E-state index in [1.165, 1.54) is 6.20 Å². The van der Waals surface area contributed by atoms with E-state index in [1.54, 1.807) is 0 Å². The molecule has 0 radical (unpaired) electrons. The lowest BCUT2D eigenvalue weighted by molar-refractivity contribution is -0.173. The molecule has 0 aliphatic carbocycles. The molecule has 2 aromatic rings. The number of benzene rings is 1. The Morgan fingerprint density at radius 2 is 1.96 bits per heavy atom. The summed E-state index contributed by atoms with van der Waals surface area (Å²) in [6.45, 7) is 4.12. The predicted molar refractivity (Wildman–Crippen MR) is 83.5 cm³/mol. The molecular formula is C17H17F3N4. The lowest BCUT2D eigenvalue weighted by Crippen LogP contribution is -2.35. The van der Waals surface area contributed by atoms with Crippen LogP contribution in [0.4, 0.5) is 19.0 Å². The highest BCUT2D eigenvalue weighted by Crippen LogP contribution is 2.44. The molecule has 7 heteroatoms. The van der Waals surface area contributed by atoms with Gasteiger partial charge in [0.2, 0.25) is 0 Å². The second-order valence-electron chi connectivity index (χ2n) is 6.27. The number of alkyl halides is 3. The third-order valence-corrected chi connectivity index (χ3v) is 4.36. The minimum atomic E-state index is -4.42. The van der Waals surface area contributed by atoms with Gasteiger partial charge in [-0.3, -0.25) is 0 Å². The molecule has 1 aliphatic heterocycles. The molecular weight excluding hydrogens is 317 g/mol.